The van der Waals surface area contributed by atoms with Crippen molar-refractivity contribution >= 4 is 27.7 Å². The van der Waals surface area contributed by atoms with Crippen LogP contribution in [0, 0.1) is 6.92 Å². The van der Waals surface area contributed by atoms with Crippen LogP contribution < -0.4 is 5.32 Å². The minimum Gasteiger partial charge on any atom is -0.444 e. The third-order valence-electron chi connectivity index (χ3n) is 4.85. The van der Waals surface area contributed by atoms with Crippen molar-refractivity contribution in [2.75, 3.05) is 18.4 Å². The number of hydrogen-bond donors (Lipinski definition) is 1. The highest BCUT2D eigenvalue weighted by atomic mass is 79.9. The van der Waals surface area contributed by atoms with Gasteiger partial charge in [0.25, 0.3) is 5.91 Å². The molecule has 0 radical (unpaired) electrons. The number of furan rings is 1. The number of aryl methyl sites for hydroxylation is 1. The molecule has 1 atom stereocenters. The van der Waals surface area contributed by atoms with Gasteiger partial charge in [-0.15, -0.1) is 0 Å². The molecule has 3 aromatic rings. The molecule has 7 heteroatoms. The first-order valence-electron chi connectivity index (χ1n) is 8.97. The van der Waals surface area contributed by atoms with Gasteiger partial charge in [-0.1, -0.05) is 30.3 Å². The lowest BCUT2D eigenvalue weighted by Gasteiger charge is -2.18. The summed E-state index contributed by atoms with van der Waals surface area (Å²) in [5, 5.41) is 7.48. The zero-order chi connectivity index (χ0) is 18.8. The van der Waals surface area contributed by atoms with Crippen LogP contribution in [0.3, 0.4) is 0 Å². The smallest absolute Gasteiger partial charge is 0.292 e. The van der Waals surface area contributed by atoms with Crippen LogP contribution in [-0.4, -0.2) is 33.7 Å². The molecule has 0 aliphatic carbocycles. The number of hydrogen-bond acceptors (Lipinski definition) is 4. The highest BCUT2D eigenvalue weighted by molar-refractivity contribution is 9.10. The van der Waals surface area contributed by atoms with E-state index in [1.807, 2.05) is 17.7 Å². The zero-order valence-corrected chi connectivity index (χ0v) is 16.6. The van der Waals surface area contributed by atoms with Crippen LogP contribution >= 0.6 is 15.9 Å². The molecular formula is C20H21BrN4O2. The Morgan fingerprint density at radius 1 is 1.30 bits per heavy atom. The highest BCUT2D eigenvalue weighted by Gasteiger charge is 2.27. The number of nitrogens with zero attached hydrogens (tertiary/aromatic N) is 3. The number of benzene rings is 1. The standard InChI is InChI=1S/C20H21BrN4O2/c1-14-11-22-25(19(14)23-20(26)17-7-8-18(21)27-17)16-9-10-24(13-16)12-15-5-3-2-4-6-15/h2-8,11,16H,9-10,12-13H2,1H3,(H,23,26)/t16-/m1/s1. The van der Waals surface area contributed by atoms with Gasteiger partial charge in [-0.2, -0.15) is 5.10 Å². The van der Waals surface area contributed by atoms with Crippen LogP contribution in [-0.2, 0) is 6.54 Å². The molecule has 1 aromatic carbocycles. The minimum absolute atomic E-state index is 0.237. The SMILES string of the molecule is Cc1cnn([C@@H]2CCN(Cc3ccccc3)C2)c1NC(=O)c1ccc(Br)o1. The van der Waals surface area contributed by atoms with Gasteiger partial charge in [-0.3, -0.25) is 9.69 Å². The maximum absolute atomic E-state index is 12.5. The van der Waals surface area contributed by atoms with Gasteiger partial charge < -0.3 is 9.73 Å². The maximum atomic E-state index is 12.5. The molecule has 0 saturated carbocycles. The van der Waals surface area contributed by atoms with Crippen molar-refractivity contribution in [2.45, 2.75) is 25.9 Å². The lowest BCUT2D eigenvalue weighted by Crippen LogP contribution is -2.23. The summed E-state index contributed by atoms with van der Waals surface area (Å²) in [4.78, 5) is 14.9. The monoisotopic (exact) mass is 428 g/mol. The van der Waals surface area contributed by atoms with Crippen molar-refractivity contribution < 1.29 is 9.21 Å². The molecule has 1 aliphatic heterocycles. The Hall–Kier alpha value is -2.38. The lowest BCUT2D eigenvalue weighted by atomic mass is 10.2. The predicted octanol–water partition coefficient (Wildman–Crippen LogP) is 4.25. The van der Waals surface area contributed by atoms with E-state index in [0.717, 1.165) is 37.4 Å². The van der Waals surface area contributed by atoms with Crippen molar-refractivity contribution in [1.82, 2.24) is 14.7 Å². The molecule has 1 saturated heterocycles. The maximum Gasteiger partial charge on any atom is 0.292 e. The molecule has 6 nitrogen and oxygen atoms in total. The van der Waals surface area contributed by atoms with Crippen LogP contribution in [0.15, 0.2) is 57.7 Å². The van der Waals surface area contributed by atoms with Gasteiger partial charge >= 0.3 is 0 Å². The van der Waals surface area contributed by atoms with Crippen LogP contribution in [0.5, 0.6) is 0 Å². The summed E-state index contributed by atoms with van der Waals surface area (Å²) in [6.07, 6.45) is 2.80. The second-order valence-electron chi connectivity index (χ2n) is 6.84. The Kier molecular flexibility index (Phi) is 5.13. The minimum atomic E-state index is -0.273. The fraction of sp³-hybridized carbons (Fsp3) is 0.300. The van der Waals surface area contributed by atoms with Gasteiger partial charge in [-0.05, 0) is 47.0 Å². The Labute approximate surface area is 166 Å². The van der Waals surface area contributed by atoms with Crippen molar-refractivity contribution in [3.8, 4) is 0 Å². The van der Waals surface area contributed by atoms with Crippen molar-refractivity contribution in [2.24, 2.45) is 0 Å². The lowest BCUT2D eigenvalue weighted by molar-refractivity contribution is 0.0994. The fourth-order valence-corrected chi connectivity index (χ4v) is 3.79. The number of carbonyl (C=O) groups is 1. The first-order chi connectivity index (χ1) is 13.1. The second kappa shape index (κ2) is 7.70. The predicted molar refractivity (Wildman–Crippen MR) is 107 cm³/mol. The van der Waals surface area contributed by atoms with E-state index in [4.69, 9.17) is 4.42 Å². The number of anilines is 1. The molecule has 1 amide bonds. The number of likely N-dealkylation sites (tertiary alicyclic amines) is 1. The normalized spacial score (nSPS) is 17.3. The van der Waals surface area contributed by atoms with E-state index < -0.39 is 0 Å². The number of nitrogens with one attached hydrogen (secondary N) is 1. The van der Waals surface area contributed by atoms with Gasteiger partial charge in [0, 0.05) is 25.2 Å². The van der Waals surface area contributed by atoms with E-state index in [1.54, 1.807) is 18.3 Å². The number of amides is 1. The fourth-order valence-electron chi connectivity index (χ4n) is 3.48. The van der Waals surface area contributed by atoms with Gasteiger partial charge in [0.1, 0.15) is 5.82 Å². The van der Waals surface area contributed by atoms with E-state index in [-0.39, 0.29) is 17.7 Å². The summed E-state index contributed by atoms with van der Waals surface area (Å²) in [6.45, 7) is 4.80. The molecule has 1 aliphatic rings. The molecule has 1 fully saturated rings. The van der Waals surface area contributed by atoms with E-state index in [2.05, 4.69) is 55.5 Å². The quantitative estimate of drug-likeness (QED) is 0.659. The zero-order valence-electron chi connectivity index (χ0n) is 15.1. The van der Waals surface area contributed by atoms with Crippen LogP contribution in [0.2, 0.25) is 0 Å². The number of rotatable bonds is 5. The number of halogens is 1. The number of carbonyl (C=O) groups excluding carboxylic acids is 1. The second-order valence-corrected chi connectivity index (χ2v) is 7.62. The van der Waals surface area contributed by atoms with E-state index >= 15 is 0 Å². The summed E-state index contributed by atoms with van der Waals surface area (Å²) in [5.74, 6) is 0.731. The highest BCUT2D eigenvalue weighted by Crippen LogP contribution is 2.28. The first-order valence-corrected chi connectivity index (χ1v) is 9.76. The van der Waals surface area contributed by atoms with Crippen molar-refractivity contribution in [3.63, 3.8) is 0 Å². The third kappa shape index (κ3) is 3.99. The molecule has 140 valence electrons. The van der Waals surface area contributed by atoms with Crippen molar-refractivity contribution in [1.29, 1.82) is 0 Å². The summed E-state index contributed by atoms with van der Waals surface area (Å²) in [6, 6.07) is 14.1. The summed E-state index contributed by atoms with van der Waals surface area (Å²) in [7, 11) is 0. The molecule has 2 aromatic heterocycles. The third-order valence-corrected chi connectivity index (χ3v) is 5.28. The number of aromatic nitrogens is 2. The largest absolute Gasteiger partial charge is 0.444 e. The average Bonchev–Trinajstić information content (AvgIpc) is 3.38. The molecular weight excluding hydrogens is 408 g/mol. The van der Waals surface area contributed by atoms with E-state index in [9.17, 15) is 4.79 Å². The first kappa shape index (κ1) is 18.0. The van der Waals surface area contributed by atoms with Crippen molar-refractivity contribution in [3.05, 3.63) is 70.2 Å². The molecule has 1 N–H and O–H groups in total. The Morgan fingerprint density at radius 3 is 2.85 bits per heavy atom. The Morgan fingerprint density at radius 2 is 2.11 bits per heavy atom. The molecule has 4 rings (SSSR count). The molecule has 0 bridgehead atoms. The Balaban J connectivity index is 1.46. The van der Waals surface area contributed by atoms with Gasteiger partial charge in [-0.25, -0.2) is 4.68 Å². The summed E-state index contributed by atoms with van der Waals surface area (Å²) in [5.41, 5.74) is 2.25. The van der Waals surface area contributed by atoms with Gasteiger partial charge in [0.05, 0.1) is 12.2 Å². The van der Waals surface area contributed by atoms with Gasteiger partial charge in [0.2, 0.25) is 0 Å². The Bertz CT molecular complexity index is 935. The topological polar surface area (TPSA) is 63.3 Å². The summed E-state index contributed by atoms with van der Waals surface area (Å²) >= 11 is 3.23. The van der Waals surface area contributed by atoms with Crippen LogP contribution in [0.1, 0.15) is 34.1 Å². The molecule has 0 unspecified atom stereocenters. The summed E-state index contributed by atoms with van der Waals surface area (Å²) < 4.78 is 7.82. The molecule has 27 heavy (non-hydrogen) atoms. The van der Waals surface area contributed by atoms with E-state index in [1.165, 1.54) is 5.56 Å². The van der Waals surface area contributed by atoms with Gasteiger partial charge in [0.15, 0.2) is 10.4 Å². The van der Waals surface area contributed by atoms with Crippen LogP contribution in [0.4, 0.5) is 5.82 Å². The molecule has 3 heterocycles. The van der Waals surface area contributed by atoms with E-state index in [0.29, 0.717) is 4.67 Å². The molecule has 0 spiro atoms. The average molecular weight is 429 g/mol. The van der Waals surface area contributed by atoms with Crippen LogP contribution in [0.25, 0.3) is 0 Å².